The monoisotopic (exact) mass is 418 g/mol. The van der Waals surface area contributed by atoms with E-state index in [1.807, 2.05) is 31.2 Å². The van der Waals surface area contributed by atoms with Gasteiger partial charge < -0.3 is 9.74 Å². The SMILES string of the molecule is Cc1ccc(C2=NO[C@H](CN(Cc3ccc(C(F)(F)F)cc3)C(=O)C(C)C)C2)cc1. The van der Waals surface area contributed by atoms with Gasteiger partial charge in [-0.05, 0) is 30.2 Å². The van der Waals surface area contributed by atoms with Crippen molar-refractivity contribution in [3.63, 3.8) is 0 Å². The Morgan fingerprint density at radius 1 is 1.13 bits per heavy atom. The normalized spacial score (nSPS) is 16.4. The van der Waals surface area contributed by atoms with Gasteiger partial charge in [-0.3, -0.25) is 4.79 Å². The highest BCUT2D eigenvalue weighted by Gasteiger charge is 2.31. The molecule has 0 saturated heterocycles. The second kappa shape index (κ2) is 8.90. The highest BCUT2D eigenvalue weighted by atomic mass is 19.4. The Morgan fingerprint density at radius 2 is 1.77 bits per heavy atom. The first-order valence-electron chi connectivity index (χ1n) is 9.88. The number of amides is 1. The number of carbonyl (C=O) groups is 1. The summed E-state index contributed by atoms with van der Waals surface area (Å²) in [4.78, 5) is 19.9. The Bertz CT molecular complexity index is 904. The zero-order valence-electron chi connectivity index (χ0n) is 17.2. The van der Waals surface area contributed by atoms with E-state index in [2.05, 4.69) is 5.16 Å². The third-order valence-corrected chi connectivity index (χ3v) is 5.00. The molecule has 0 aliphatic carbocycles. The maximum Gasteiger partial charge on any atom is 0.416 e. The van der Waals surface area contributed by atoms with Crippen molar-refractivity contribution in [3.8, 4) is 0 Å². The average molecular weight is 418 g/mol. The molecule has 7 heteroatoms. The molecule has 0 N–H and O–H groups in total. The Balaban J connectivity index is 1.68. The summed E-state index contributed by atoms with van der Waals surface area (Å²) in [6.45, 7) is 6.14. The summed E-state index contributed by atoms with van der Waals surface area (Å²) in [5, 5.41) is 4.17. The van der Waals surface area contributed by atoms with E-state index >= 15 is 0 Å². The lowest BCUT2D eigenvalue weighted by Gasteiger charge is -2.26. The molecule has 1 atom stereocenters. The summed E-state index contributed by atoms with van der Waals surface area (Å²) < 4.78 is 38.4. The molecule has 30 heavy (non-hydrogen) atoms. The molecule has 0 bridgehead atoms. The van der Waals surface area contributed by atoms with Crippen molar-refractivity contribution in [1.82, 2.24) is 4.90 Å². The molecule has 1 aliphatic rings. The Kier molecular flexibility index (Phi) is 6.48. The predicted octanol–water partition coefficient (Wildman–Crippen LogP) is 5.19. The minimum atomic E-state index is -4.38. The van der Waals surface area contributed by atoms with Gasteiger partial charge in [-0.2, -0.15) is 13.2 Å². The summed E-state index contributed by atoms with van der Waals surface area (Å²) >= 11 is 0. The van der Waals surface area contributed by atoms with Gasteiger partial charge in [0.05, 0.1) is 17.8 Å². The van der Waals surface area contributed by atoms with E-state index in [4.69, 9.17) is 4.84 Å². The molecule has 1 aliphatic heterocycles. The molecule has 0 unspecified atom stereocenters. The lowest BCUT2D eigenvalue weighted by molar-refractivity contribution is -0.138. The van der Waals surface area contributed by atoms with Crippen LogP contribution in [0.3, 0.4) is 0 Å². The summed E-state index contributed by atoms with van der Waals surface area (Å²) in [6.07, 6.45) is -4.11. The van der Waals surface area contributed by atoms with Crippen LogP contribution >= 0.6 is 0 Å². The molecule has 0 aromatic heterocycles. The van der Waals surface area contributed by atoms with Crippen LogP contribution in [0.25, 0.3) is 0 Å². The summed E-state index contributed by atoms with van der Waals surface area (Å²) in [7, 11) is 0. The molecule has 0 saturated carbocycles. The van der Waals surface area contributed by atoms with E-state index in [9.17, 15) is 18.0 Å². The largest absolute Gasteiger partial charge is 0.416 e. The van der Waals surface area contributed by atoms with Crippen LogP contribution in [0, 0.1) is 12.8 Å². The lowest BCUT2D eigenvalue weighted by Crippen LogP contribution is -2.39. The van der Waals surface area contributed by atoms with Gasteiger partial charge in [-0.15, -0.1) is 0 Å². The molecule has 2 aromatic carbocycles. The van der Waals surface area contributed by atoms with Crippen LogP contribution in [0.4, 0.5) is 13.2 Å². The van der Waals surface area contributed by atoms with Crippen LogP contribution in [0.15, 0.2) is 53.7 Å². The van der Waals surface area contributed by atoms with Gasteiger partial charge in [0.25, 0.3) is 0 Å². The van der Waals surface area contributed by atoms with Crippen LogP contribution in [-0.4, -0.2) is 29.2 Å². The first-order chi connectivity index (χ1) is 14.1. The predicted molar refractivity (Wildman–Crippen MR) is 109 cm³/mol. The van der Waals surface area contributed by atoms with Crippen LogP contribution in [0.1, 0.15) is 42.5 Å². The number of nitrogens with zero attached hydrogens (tertiary/aromatic N) is 2. The molecule has 160 valence electrons. The van der Waals surface area contributed by atoms with Gasteiger partial charge in [0, 0.05) is 18.9 Å². The first-order valence-corrected chi connectivity index (χ1v) is 9.88. The Morgan fingerprint density at radius 3 is 2.33 bits per heavy atom. The van der Waals surface area contributed by atoms with Gasteiger partial charge >= 0.3 is 6.18 Å². The highest BCUT2D eigenvalue weighted by Crippen LogP contribution is 2.29. The molecule has 1 heterocycles. The van der Waals surface area contributed by atoms with Crippen molar-refractivity contribution in [1.29, 1.82) is 0 Å². The number of halogens is 3. The zero-order valence-corrected chi connectivity index (χ0v) is 17.2. The zero-order chi connectivity index (χ0) is 21.9. The summed E-state index contributed by atoms with van der Waals surface area (Å²) in [6, 6.07) is 12.9. The molecule has 1 amide bonds. The van der Waals surface area contributed by atoms with Crippen molar-refractivity contribution in [2.75, 3.05) is 6.54 Å². The Labute approximate surface area is 174 Å². The van der Waals surface area contributed by atoms with Gasteiger partial charge in [0.2, 0.25) is 5.91 Å². The number of carbonyl (C=O) groups excluding carboxylic acids is 1. The van der Waals surface area contributed by atoms with Gasteiger partial charge in [0.1, 0.15) is 0 Å². The molecule has 2 aromatic rings. The van der Waals surface area contributed by atoms with E-state index in [1.165, 1.54) is 12.1 Å². The Hall–Kier alpha value is -2.83. The topological polar surface area (TPSA) is 41.9 Å². The standard InChI is InChI=1S/C23H25F3N2O2/c1-15(2)22(29)28(13-17-6-10-19(11-7-17)23(24,25)26)14-20-12-21(27-30-20)18-8-4-16(3)5-9-18/h4-11,15,20H,12-14H2,1-3H3/t20-/m0/s1. The van der Waals surface area contributed by atoms with Crippen LogP contribution in [0.2, 0.25) is 0 Å². The quantitative estimate of drug-likeness (QED) is 0.648. The van der Waals surface area contributed by atoms with Crippen molar-refractivity contribution < 1.29 is 22.8 Å². The minimum Gasteiger partial charge on any atom is -0.390 e. The molecule has 4 nitrogen and oxygen atoms in total. The highest BCUT2D eigenvalue weighted by molar-refractivity contribution is 6.01. The van der Waals surface area contributed by atoms with E-state index in [-0.39, 0.29) is 24.5 Å². The second-order valence-corrected chi connectivity index (χ2v) is 7.90. The number of aryl methyl sites for hydroxylation is 1. The first kappa shape index (κ1) is 21.9. The number of hydrogen-bond acceptors (Lipinski definition) is 3. The maximum atomic E-state index is 12.8. The fourth-order valence-electron chi connectivity index (χ4n) is 3.31. The second-order valence-electron chi connectivity index (χ2n) is 7.90. The number of alkyl halides is 3. The van der Waals surface area contributed by atoms with Crippen molar-refractivity contribution >= 4 is 11.6 Å². The van der Waals surface area contributed by atoms with Crippen molar-refractivity contribution in [2.45, 2.75) is 46.0 Å². The number of hydrogen-bond donors (Lipinski definition) is 0. The molecular weight excluding hydrogens is 393 g/mol. The van der Waals surface area contributed by atoms with E-state index in [0.29, 0.717) is 18.5 Å². The maximum absolute atomic E-state index is 12.8. The van der Waals surface area contributed by atoms with E-state index in [1.54, 1.807) is 18.7 Å². The third-order valence-electron chi connectivity index (χ3n) is 5.00. The smallest absolute Gasteiger partial charge is 0.390 e. The van der Waals surface area contributed by atoms with E-state index in [0.717, 1.165) is 29.0 Å². The van der Waals surface area contributed by atoms with E-state index < -0.39 is 11.7 Å². The fraction of sp³-hybridized carbons (Fsp3) is 0.391. The number of rotatable bonds is 6. The summed E-state index contributed by atoms with van der Waals surface area (Å²) in [5.74, 6) is -0.319. The van der Waals surface area contributed by atoms with Crippen molar-refractivity contribution in [3.05, 3.63) is 70.8 Å². The van der Waals surface area contributed by atoms with Crippen LogP contribution < -0.4 is 0 Å². The average Bonchev–Trinajstić information content (AvgIpc) is 3.15. The molecule has 3 rings (SSSR count). The van der Waals surface area contributed by atoms with Crippen LogP contribution in [0.5, 0.6) is 0 Å². The molecular formula is C23H25F3N2O2. The van der Waals surface area contributed by atoms with Crippen molar-refractivity contribution in [2.24, 2.45) is 11.1 Å². The minimum absolute atomic E-state index is 0.0812. The van der Waals surface area contributed by atoms with Gasteiger partial charge in [-0.1, -0.05) is 61.0 Å². The van der Waals surface area contributed by atoms with Gasteiger partial charge in [0.15, 0.2) is 6.10 Å². The molecule has 0 radical (unpaired) electrons. The lowest BCUT2D eigenvalue weighted by atomic mass is 10.0. The number of benzene rings is 2. The number of oxime groups is 1. The van der Waals surface area contributed by atoms with Crippen LogP contribution in [-0.2, 0) is 22.4 Å². The van der Waals surface area contributed by atoms with Gasteiger partial charge in [-0.25, -0.2) is 0 Å². The summed E-state index contributed by atoms with van der Waals surface area (Å²) in [5.41, 5.74) is 2.89. The fourth-order valence-corrected chi connectivity index (χ4v) is 3.31. The molecule has 0 fully saturated rings. The molecule has 0 spiro atoms. The third kappa shape index (κ3) is 5.40.